The van der Waals surface area contributed by atoms with Crippen LogP contribution in [0.25, 0.3) is 4.13 Å². The molecule has 0 radical (unpaired) electrons. The minimum absolute atomic E-state index is 0.0867. The van der Waals surface area contributed by atoms with Gasteiger partial charge in [0.1, 0.15) is 0 Å². The van der Waals surface area contributed by atoms with Crippen molar-refractivity contribution in [2.24, 2.45) is 0 Å². The Morgan fingerprint density at radius 2 is 1.37 bits per heavy atom. The molecule has 0 aromatic carbocycles. The zero-order valence-corrected chi connectivity index (χ0v) is 16.1. The van der Waals surface area contributed by atoms with Crippen LogP contribution in [0.4, 0.5) is 26.3 Å². The number of quaternary nitrogens is 1. The first-order valence-corrected chi connectivity index (χ1v) is 9.62. The molecule has 0 spiro atoms. The van der Waals surface area contributed by atoms with Crippen LogP contribution in [0.2, 0.25) is 0 Å². The van der Waals surface area contributed by atoms with Crippen molar-refractivity contribution in [2.75, 3.05) is 34.2 Å². The molecule has 162 valence electrons. The Bertz CT molecular complexity index is 666. The largest absolute Gasteiger partial charge is 0.480 e. The maximum atomic E-state index is 11.4. The highest BCUT2D eigenvalue weighted by atomic mass is 32.3. The molecule has 0 aliphatic rings. The SMILES string of the molecule is C=CC(=O)NCCC[N+](C)(C)C.O=S(=O)([N-]S(=O)(=O)C(F)(F)F)C(F)(F)F. The van der Waals surface area contributed by atoms with Gasteiger partial charge in [0.2, 0.25) is 5.91 Å². The maximum Gasteiger partial charge on any atom is 0.480 e. The number of nitrogens with zero attached hydrogens (tertiary/aromatic N) is 2. The van der Waals surface area contributed by atoms with Crippen LogP contribution in [0.1, 0.15) is 6.42 Å². The molecule has 0 aromatic heterocycles. The second kappa shape index (κ2) is 9.70. The third-order valence-corrected chi connectivity index (χ3v) is 5.01. The van der Waals surface area contributed by atoms with E-state index >= 15 is 0 Å². The number of rotatable bonds is 7. The Labute approximate surface area is 152 Å². The molecule has 1 amide bonds. The van der Waals surface area contributed by atoms with Gasteiger partial charge in [-0.05, 0) is 6.08 Å². The highest BCUT2D eigenvalue weighted by molar-refractivity contribution is 8.13. The predicted molar refractivity (Wildman–Crippen MR) is 84.0 cm³/mol. The van der Waals surface area contributed by atoms with Crippen molar-refractivity contribution in [1.29, 1.82) is 0 Å². The summed E-state index contributed by atoms with van der Waals surface area (Å²) in [5, 5.41) is 2.74. The molecule has 0 saturated heterocycles. The van der Waals surface area contributed by atoms with Crippen molar-refractivity contribution in [1.82, 2.24) is 5.32 Å². The van der Waals surface area contributed by atoms with E-state index in [2.05, 4.69) is 33.0 Å². The van der Waals surface area contributed by atoms with Crippen LogP contribution < -0.4 is 5.32 Å². The molecule has 8 nitrogen and oxygen atoms in total. The van der Waals surface area contributed by atoms with Crippen LogP contribution >= 0.6 is 0 Å². The molecule has 0 bridgehead atoms. The van der Waals surface area contributed by atoms with Crippen molar-refractivity contribution in [3.8, 4) is 0 Å². The molecular weight excluding hydrogens is 432 g/mol. The minimum atomic E-state index is -6.72. The van der Waals surface area contributed by atoms with E-state index in [1.54, 1.807) is 0 Å². The number of amides is 1. The standard InChI is InChI=1S/C9H18N2O.C2F6NO4S2/c1-5-9(12)10-7-6-8-11(2,3)4;3-1(4,5)14(10,11)9-15(12,13)2(6,7)8/h5H,1,6-8H2,2-4H3;/q;-1/p+1. The van der Waals surface area contributed by atoms with Gasteiger partial charge < -0.3 is 13.9 Å². The van der Waals surface area contributed by atoms with Gasteiger partial charge in [-0.15, -0.1) is 0 Å². The van der Waals surface area contributed by atoms with Gasteiger partial charge >= 0.3 is 11.0 Å². The number of nitrogens with one attached hydrogen (secondary N) is 1. The predicted octanol–water partition coefficient (Wildman–Crippen LogP) is 1.44. The Kier molecular flexibility index (Phi) is 9.99. The van der Waals surface area contributed by atoms with Crippen molar-refractivity contribution in [2.45, 2.75) is 17.4 Å². The summed E-state index contributed by atoms with van der Waals surface area (Å²) in [6.07, 6.45) is 2.30. The smallest absolute Gasteiger partial charge is 0.421 e. The Balaban J connectivity index is 0. The quantitative estimate of drug-likeness (QED) is 0.273. The van der Waals surface area contributed by atoms with E-state index in [1.165, 1.54) is 6.08 Å². The van der Waals surface area contributed by atoms with E-state index in [-0.39, 0.29) is 5.91 Å². The molecule has 0 rings (SSSR count). The van der Waals surface area contributed by atoms with Crippen LogP contribution in [-0.2, 0) is 24.8 Å². The fourth-order valence-corrected chi connectivity index (χ4v) is 2.76. The number of halogens is 6. The van der Waals surface area contributed by atoms with Crippen LogP contribution in [0, 0.1) is 0 Å². The van der Waals surface area contributed by atoms with Crippen LogP contribution in [0.3, 0.4) is 0 Å². The van der Waals surface area contributed by atoms with E-state index < -0.39 is 31.1 Å². The van der Waals surface area contributed by atoms with Gasteiger partial charge in [-0.3, -0.25) is 4.79 Å². The average molecular weight is 451 g/mol. The molecule has 0 saturated carbocycles. The normalized spacial score (nSPS) is 13.4. The molecule has 0 aliphatic heterocycles. The third-order valence-electron chi connectivity index (χ3n) is 2.27. The zero-order chi connectivity index (χ0) is 22.3. The number of carbonyl (C=O) groups is 1. The fraction of sp³-hybridized carbons (Fsp3) is 0.727. The number of hydrogen-bond acceptors (Lipinski definition) is 5. The van der Waals surface area contributed by atoms with Gasteiger partial charge in [0.05, 0.1) is 27.7 Å². The first kappa shape index (κ1) is 27.8. The number of alkyl halides is 6. The number of hydrogen-bond donors (Lipinski definition) is 1. The van der Waals surface area contributed by atoms with Gasteiger partial charge in [-0.25, -0.2) is 16.8 Å². The van der Waals surface area contributed by atoms with Gasteiger partial charge in [0, 0.05) is 13.0 Å². The monoisotopic (exact) mass is 451 g/mol. The fourth-order valence-electron chi connectivity index (χ4n) is 1.05. The second-order valence-corrected chi connectivity index (χ2v) is 9.20. The van der Waals surface area contributed by atoms with Crippen molar-refractivity contribution < 1.29 is 52.5 Å². The van der Waals surface area contributed by atoms with Gasteiger partial charge in [-0.1, -0.05) is 6.58 Å². The van der Waals surface area contributed by atoms with Gasteiger partial charge in [0.25, 0.3) is 0 Å². The molecule has 16 heteroatoms. The average Bonchev–Trinajstić information content (AvgIpc) is 2.39. The summed E-state index contributed by atoms with van der Waals surface area (Å²) < 4.78 is 110. The molecule has 27 heavy (non-hydrogen) atoms. The minimum Gasteiger partial charge on any atom is -0.421 e. The Morgan fingerprint density at radius 3 is 1.63 bits per heavy atom. The molecule has 0 atom stereocenters. The van der Waals surface area contributed by atoms with E-state index in [1.807, 2.05) is 0 Å². The lowest BCUT2D eigenvalue weighted by Crippen LogP contribution is -2.37. The molecule has 1 N–H and O–H groups in total. The van der Waals surface area contributed by atoms with E-state index in [4.69, 9.17) is 0 Å². The lowest BCUT2D eigenvalue weighted by molar-refractivity contribution is -0.870. The van der Waals surface area contributed by atoms with Crippen LogP contribution in [0.15, 0.2) is 12.7 Å². The van der Waals surface area contributed by atoms with Crippen molar-refractivity contribution in [3.05, 3.63) is 16.8 Å². The Hall–Kier alpha value is -1.39. The number of carbonyl (C=O) groups excluding carboxylic acids is 1. The molecule has 0 fully saturated rings. The highest BCUT2D eigenvalue weighted by Gasteiger charge is 2.46. The summed E-state index contributed by atoms with van der Waals surface area (Å²) in [6.45, 7) is 5.18. The van der Waals surface area contributed by atoms with Crippen LogP contribution in [0.5, 0.6) is 0 Å². The third kappa shape index (κ3) is 11.8. The zero-order valence-electron chi connectivity index (χ0n) is 14.4. The summed E-state index contributed by atoms with van der Waals surface area (Å²) in [7, 11) is -7.04. The van der Waals surface area contributed by atoms with Gasteiger partial charge in [0.15, 0.2) is 20.0 Å². The maximum absolute atomic E-state index is 11.4. The molecular formula is C11H19F6N3O5S2. The van der Waals surface area contributed by atoms with Crippen molar-refractivity contribution >= 4 is 26.0 Å². The van der Waals surface area contributed by atoms with Crippen molar-refractivity contribution in [3.63, 3.8) is 0 Å². The molecule has 0 aliphatic carbocycles. The summed E-state index contributed by atoms with van der Waals surface area (Å²) in [4.78, 5) is 10.7. The summed E-state index contributed by atoms with van der Waals surface area (Å²) in [5.41, 5.74) is -12.4. The molecule has 0 aromatic rings. The van der Waals surface area contributed by atoms with E-state index in [0.29, 0.717) is 0 Å². The Morgan fingerprint density at radius 1 is 1.00 bits per heavy atom. The van der Waals surface area contributed by atoms with E-state index in [9.17, 15) is 48.0 Å². The van der Waals surface area contributed by atoms with Gasteiger partial charge in [-0.2, -0.15) is 26.3 Å². The van der Waals surface area contributed by atoms with E-state index in [0.717, 1.165) is 28.1 Å². The number of sulfonamides is 2. The summed E-state index contributed by atoms with van der Waals surface area (Å²) in [5.74, 6) is -0.0867. The molecule has 0 unspecified atom stereocenters. The highest BCUT2D eigenvalue weighted by Crippen LogP contribution is 2.36. The summed E-state index contributed by atoms with van der Waals surface area (Å²) in [6, 6.07) is 0. The van der Waals surface area contributed by atoms with Crippen LogP contribution in [-0.4, -0.2) is 72.5 Å². The second-order valence-electron chi connectivity index (χ2n) is 5.78. The lowest BCUT2D eigenvalue weighted by atomic mass is 10.3. The lowest BCUT2D eigenvalue weighted by Gasteiger charge is -2.23. The first-order valence-electron chi connectivity index (χ1n) is 6.74. The molecule has 0 heterocycles. The summed E-state index contributed by atoms with van der Waals surface area (Å²) >= 11 is 0. The topological polar surface area (TPSA) is 111 Å². The first-order chi connectivity index (χ1) is 11.7.